The van der Waals surface area contributed by atoms with Crippen molar-refractivity contribution in [3.05, 3.63) is 70.9 Å². The molecule has 0 radical (unpaired) electrons. The van der Waals surface area contributed by atoms with Crippen LogP contribution in [0.4, 0.5) is 0 Å². The Morgan fingerprint density at radius 3 is 2.56 bits per heavy atom. The standard InChI is InChI=1S/C20H17ClN2O3S/c21-15-4-2-14(3-5-15)17-8-6-16(26-17)11-23-20(27)22-10-13-1-7-18-19(9-13)25-12-24-18/h1-9H,10-12H2,(H2,22,23,27). The molecule has 0 fully saturated rings. The second-order valence-corrected chi connectivity index (χ2v) is 6.84. The van der Waals surface area contributed by atoms with Gasteiger partial charge in [0, 0.05) is 17.1 Å². The van der Waals surface area contributed by atoms with E-state index in [1.807, 2.05) is 54.6 Å². The van der Waals surface area contributed by atoms with E-state index >= 15 is 0 Å². The number of fused-ring (bicyclic) bond motifs is 1. The highest BCUT2D eigenvalue weighted by atomic mass is 35.5. The van der Waals surface area contributed by atoms with E-state index in [1.165, 1.54) is 0 Å². The van der Waals surface area contributed by atoms with Gasteiger partial charge < -0.3 is 24.5 Å². The Balaban J connectivity index is 1.27. The lowest BCUT2D eigenvalue weighted by molar-refractivity contribution is 0.174. The maximum Gasteiger partial charge on any atom is 0.231 e. The smallest absolute Gasteiger partial charge is 0.231 e. The fraction of sp³-hybridized carbons (Fsp3) is 0.150. The molecule has 138 valence electrons. The summed E-state index contributed by atoms with van der Waals surface area (Å²) in [5, 5.41) is 7.57. The molecule has 0 saturated carbocycles. The van der Waals surface area contributed by atoms with Crippen LogP contribution in [0.3, 0.4) is 0 Å². The molecule has 4 rings (SSSR count). The van der Waals surface area contributed by atoms with Crippen molar-refractivity contribution in [3.63, 3.8) is 0 Å². The van der Waals surface area contributed by atoms with Gasteiger partial charge in [0.1, 0.15) is 11.5 Å². The van der Waals surface area contributed by atoms with Crippen LogP contribution in [0.15, 0.2) is 59.0 Å². The summed E-state index contributed by atoms with van der Waals surface area (Å²) < 4.78 is 16.5. The molecule has 0 spiro atoms. The van der Waals surface area contributed by atoms with Crippen molar-refractivity contribution in [2.24, 2.45) is 0 Å². The molecule has 3 aromatic rings. The number of ether oxygens (including phenoxy) is 2. The van der Waals surface area contributed by atoms with Gasteiger partial charge in [-0.1, -0.05) is 17.7 Å². The van der Waals surface area contributed by atoms with Crippen LogP contribution in [0.25, 0.3) is 11.3 Å². The number of nitrogens with one attached hydrogen (secondary N) is 2. The molecule has 5 nitrogen and oxygen atoms in total. The number of halogens is 1. The Kier molecular flexibility index (Phi) is 5.18. The van der Waals surface area contributed by atoms with Crippen molar-refractivity contribution in [1.82, 2.24) is 10.6 Å². The van der Waals surface area contributed by atoms with E-state index in [9.17, 15) is 0 Å². The summed E-state index contributed by atoms with van der Waals surface area (Å²) in [5.41, 5.74) is 2.04. The zero-order valence-electron chi connectivity index (χ0n) is 14.3. The first-order valence-corrected chi connectivity index (χ1v) is 9.21. The van der Waals surface area contributed by atoms with Crippen LogP contribution in [-0.4, -0.2) is 11.9 Å². The van der Waals surface area contributed by atoms with Gasteiger partial charge in [-0.15, -0.1) is 0 Å². The molecular formula is C20H17ClN2O3S. The van der Waals surface area contributed by atoms with E-state index in [0.717, 1.165) is 34.1 Å². The van der Waals surface area contributed by atoms with E-state index in [-0.39, 0.29) is 6.79 Å². The molecule has 0 aliphatic carbocycles. The molecule has 1 aliphatic rings. The molecule has 0 saturated heterocycles. The van der Waals surface area contributed by atoms with Crippen molar-refractivity contribution in [1.29, 1.82) is 0 Å². The van der Waals surface area contributed by atoms with Crippen LogP contribution in [0, 0.1) is 0 Å². The van der Waals surface area contributed by atoms with Gasteiger partial charge in [0.05, 0.1) is 6.54 Å². The molecule has 2 heterocycles. The van der Waals surface area contributed by atoms with E-state index in [1.54, 1.807) is 0 Å². The summed E-state index contributed by atoms with van der Waals surface area (Å²) in [6, 6.07) is 17.2. The third kappa shape index (κ3) is 4.35. The molecule has 27 heavy (non-hydrogen) atoms. The normalized spacial score (nSPS) is 12.0. The average Bonchev–Trinajstić information content (AvgIpc) is 3.34. The van der Waals surface area contributed by atoms with E-state index in [2.05, 4.69) is 10.6 Å². The largest absolute Gasteiger partial charge is 0.459 e. The lowest BCUT2D eigenvalue weighted by Gasteiger charge is -2.10. The lowest BCUT2D eigenvalue weighted by atomic mass is 10.2. The van der Waals surface area contributed by atoms with Gasteiger partial charge in [-0.25, -0.2) is 0 Å². The highest BCUT2D eigenvalue weighted by Crippen LogP contribution is 2.32. The van der Waals surface area contributed by atoms with Gasteiger partial charge in [0.2, 0.25) is 6.79 Å². The SMILES string of the molecule is S=C(NCc1ccc2c(c1)OCO2)NCc1ccc(-c2ccc(Cl)cc2)o1. The Hall–Kier alpha value is -2.70. The van der Waals surface area contributed by atoms with E-state index in [4.69, 9.17) is 37.7 Å². The van der Waals surface area contributed by atoms with Crippen molar-refractivity contribution < 1.29 is 13.9 Å². The van der Waals surface area contributed by atoms with Gasteiger partial charge in [0.15, 0.2) is 16.6 Å². The molecule has 1 aliphatic heterocycles. The number of benzene rings is 2. The summed E-state index contributed by atoms with van der Waals surface area (Å²) in [7, 11) is 0. The summed E-state index contributed by atoms with van der Waals surface area (Å²) in [4.78, 5) is 0. The Labute approximate surface area is 167 Å². The highest BCUT2D eigenvalue weighted by molar-refractivity contribution is 7.80. The minimum absolute atomic E-state index is 0.271. The third-order valence-electron chi connectivity index (χ3n) is 4.10. The maximum atomic E-state index is 5.92. The van der Waals surface area contributed by atoms with Crippen LogP contribution < -0.4 is 20.1 Å². The summed E-state index contributed by atoms with van der Waals surface area (Å²) in [5.74, 6) is 3.13. The Morgan fingerprint density at radius 2 is 1.70 bits per heavy atom. The van der Waals surface area contributed by atoms with Crippen LogP contribution >= 0.6 is 23.8 Å². The minimum atomic E-state index is 0.271. The number of thiocarbonyl (C=S) groups is 1. The first-order chi connectivity index (χ1) is 13.2. The zero-order valence-corrected chi connectivity index (χ0v) is 15.9. The first kappa shape index (κ1) is 17.7. The molecule has 2 aromatic carbocycles. The fourth-order valence-electron chi connectivity index (χ4n) is 2.71. The van der Waals surface area contributed by atoms with Crippen LogP contribution in [-0.2, 0) is 13.1 Å². The summed E-state index contributed by atoms with van der Waals surface area (Å²) in [6.07, 6.45) is 0. The van der Waals surface area contributed by atoms with Crippen molar-refractivity contribution in [3.8, 4) is 22.8 Å². The number of furan rings is 1. The molecule has 0 amide bonds. The van der Waals surface area contributed by atoms with Crippen LogP contribution in [0.1, 0.15) is 11.3 Å². The van der Waals surface area contributed by atoms with Gasteiger partial charge in [-0.2, -0.15) is 0 Å². The molecule has 2 N–H and O–H groups in total. The fourth-order valence-corrected chi connectivity index (χ4v) is 2.98. The topological polar surface area (TPSA) is 55.7 Å². The van der Waals surface area contributed by atoms with Crippen molar-refractivity contribution in [2.75, 3.05) is 6.79 Å². The van der Waals surface area contributed by atoms with Crippen molar-refractivity contribution >= 4 is 28.9 Å². The zero-order chi connectivity index (χ0) is 18.6. The second kappa shape index (κ2) is 7.90. The quantitative estimate of drug-likeness (QED) is 0.615. The molecule has 1 aromatic heterocycles. The van der Waals surface area contributed by atoms with Crippen LogP contribution in [0.5, 0.6) is 11.5 Å². The van der Waals surface area contributed by atoms with Crippen LogP contribution in [0.2, 0.25) is 5.02 Å². The van der Waals surface area contributed by atoms with E-state index < -0.39 is 0 Å². The summed E-state index contributed by atoms with van der Waals surface area (Å²) in [6.45, 7) is 1.37. The summed E-state index contributed by atoms with van der Waals surface area (Å²) >= 11 is 11.2. The van der Waals surface area contributed by atoms with Gasteiger partial charge >= 0.3 is 0 Å². The lowest BCUT2D eigenvalue weighted by Crippen LogP contribution is -2.34. The molecule has 0 atom stereocenters. The molecule has 7 heteroatoms. The predicted molar refractivity (Wildman–Crippen MR) is 108 cm³/mol. The Morgan fingerprint density at radius 1 is 0.926 bits per heavy atom. The predicted octanol–water partition coefficient (Wildman–Crippen LogP) is 4.49. The molecular weight excluding hydrogens is 384 g/mol. The number of rotatable bonds is 5. The Bertz CT molecular complexity index is 956. The average molecular weight is 401 g/mol. The second-order valence-electron chi connectivity index (χ2n) is 6.00. The van der Waals surface area contributed by atoms with Gasteiger partial charge in [-0.05, 0) is 66.3 Å². The number of hydrogen-bond acceptors (Lipinski definition) is 4. The first-order valence-electron chi connectivity index (χ1n) is 8.42. The number of hydrogen-bond donors (Lipinski definition) is 2. The van der Waals surface area contributed by atoms with Gasteiger partial charge in [-0.3, -0.25) is 0 Å². The minimum Gasteiger partial charge on any atom is -0.459 e. The third-order valence-corrected chi connectivity index (χ3v) is 4.64. The maximum absolute atomic E-state index is 5.92. The molecule has 0 unspecified atom stereocenters. The van der Waals surface area contributed by atoms with Gasteiger partial charge in [0.25, 0.3) is 0 Å². The van der Waals surface area contributed by atoms with Crippen molar-refractivity contribution in [2.45, 2.75) is 13.1 Å². The monoisotopic (exact) mass is 400 g/mol. The molecule has 0 bridgehead atoms. The van der Waals surface area contributed by atoms with E-state index in [0.29, 0.717) is 23.2 Å². The highest BCUT2D eigenvalue weighted by Gasteiger charge is 2.13.